The molecule has 1 fully saturated rings. The molecule has 1 aromatic heterocycles. The lowest BCUT2D eigenvalue weighted by Crippen LogP contribution is -2.48. The van der Waals surface area contributed by atoms with E-state index in [0.717, 1.165) is 16.8 Å². The van der Waals surface area contributed by atoms with Crippen molar-refractivity contribution in [1.82, 2.24) is 9.55 Å². The fourth-order valence-electron chi connectivity index (χ4n) is 2.34. The van der Waals surface area contributed by atoms with Crippen LogP contribution in [0.5, 0.6) is 0 Å². The lowest BCUT2D eigenvalue weighted by molar-refractivity contribution is -0.108. The van der Waals surface area contributed by atoms with E-state index in [4.69, 9.17) is 9.84 Å². The third kappa shape index (κ3) is 2.22. The molecule has 0 aromatic carbocycles. The summed E-state index contributed by atoms with van der Waals surface area (Å²) in [4.78, 5) is 24.9. The van der Waals surface area contributed by atoms with Gasteiger partial charge in [-0.3, -0.25) is 14.3 Å². The van der Waals surface area contributed by atoms with Gasteiger partial charge in [-0.15, -0.1) is 6.58 Å². The quantitative estimate of drug-likeness (QED) is 0.478. The molecule has 0 spiro atoms. The van der Waals surface area contributed by atoms with Gasteiger partial charge in [0.2, 0.25) is 0 Å². The minimum atomic E-state index is -1.82. The van der Waals surface area contributed by atoms with Gasteiger partial charge in [0.1, 0.15) is 17.8 Å². The van der Waals surface area contributed by atoms with Gasteiger partial charge in [0.25, 0.3) is 5.56 Å². The van der Waals surface area contributed by atoms with Crippen molar-refractivity contribution in [3.05, 3.63) is 45.8 Å². The van der Waals surface area contributed by atoms with Crippen LogP contribution < -0.4 is 11.2 Å². The molecule has 1 saturated heterocycles. The Morgan fingerprint density at radius 2 is 2.25 bits per heavy atom. The standard InChI is InChI=1S/C12H16N2O6/c1-2-4-12(19)9(17)7(6-15)20-10(12)14-5-3-8(16)13-11(14)18/h2-3,5,7,9-10,15,17,19H,1,4,6H2,(H,13,16,18)/t7?,9-,10?,12-/m1/s1. The van der Waals surface area contributed by atoms with Crippen LogP contribution in [0, 0.1) is 0 Å². The highest BCUT2D eigenvalue weighted by molar-refractivity contribution is 5.05. The smallest absolute Gasteiger partial charge is 0.330 e. The number of hydrogen-bond donors (Lipinski definition) is 4. The number of aromatic nitrogens is 2. The second-order valence-corrected chi connectivity index (χ2v) is 4.66. The van der Waals surface area contributed by atoms with Gasteiger partial charge < -0.3 is 20.1 Å². The van der Waals surface area contributed by atoms with Crippen molar-refractivity contribution in [3.63, 3.8) is 0 Å². The molecule has 20 heavy (non-hydrogen) atoms. The van der Waals surface area contributed by atoms with Crippen LogP contribution in [0.15, 0.2) is 34.5 Å². The van der Waals surface area contributed by atoms with Gasteiger partial charge >= 0.3 is 5.69 Å². The van der Waals surface area contributed by atoms with E-state index < -0.39 is 41.9 Å². The summed E-state index contributed by atoms with van der Waals surface area (Å²) in [7, 11) is 0. The van der Waals surface area contributed by atoms with Gasteiger partial charge in [-0.2, -0.15) is 0 Å². The largest absolute Gasteiger partial charge is 0.394 e. The van der Waals surface area contributed by atoms with Crippen LogP contribution in [0.25, 0.3) is 0 Å². The summed E-state index contributed by atoms with van der Waals surface area (Å²) in [5, 5.41) is 29.8. The van der Waals surface area contributed by atoms with E-state index in [-0.39, 0.29) is 6.42 Å². The first-order valence-corrected chi connectivity index (χ1v) is 6.03. The zero-order chi connectivity index (χ0) is 14.9. The highest BCUT2D eigenvalue weighted by atomic mass is 16.6. The number of H-pyrrole nitrogens is 1. The number of aliphatic hydroxyl groups excluding tert-OH is 2. The summed E-state index contributed by atoms with van der Waals surface area (Å²) >= 11 is 0. The Kier molecular flexibility index (Phi) is 3.91. The van der Waals surface area contributed by atoms with E-state index in [1.165, 1.54) is 6.08 Å². The summed E-state index contributed by atoms with van der Waals surface area (Å²) in [6, 6.07) is 1.09. The fourth-order valence-corrected chi connectivity index (χ4v) is 2.34. The van der Waals surface area contributed by atoms with E-state index in [0.29, 0.717) is 0 Å². The average Bonchev–Trinajstić information content (AvgIpc) is 2.63. The summed E-state index contributed by atoms with van der Waals surface area (Å²) < 4.78 is 6.30. The van der Waals surface area contributed by atoms with Gasteiger partial charge in [-0.05, 0) is 0 Å². The average molecular weight is 284 g/mol. The summed E-state index contributed by atoms with van der Waals surface area (Å²) in [5.41, 5.74) is -3.19. The number of ether oxygens (including phenoxy) is 1. The molecule has 2 unspecified atom stereocenters. The Balaban J connectivity index is 2.50. The van der Waals surface area contributed by atoms with Crippen molar-refractivity contribution in [2.24, 2.45) is 0 Å². The van der Waals surface area contributed by atoms with Crippen LogP contribution in [-0.2, 0) is 4.74 Å². The molecule has 0 radical (unpaired) electrons. The van der Waals surface area contributed by atoms with E-state index in [1.807, 2.05) is 4.98 Å². The van der Waals surface area contributed by atoms with E-state index in [9.17, 15) is 19.8 Å². The van der Waals surface area contributed by atoms with Gasteiger partial charge in [0.05, 0.1) is 6.61 Å². The first kappa shape index (κ1) is 14.7. The molecule has 1 aliphatic rings. The number of nitrogens with one attached hydrogen (secondary N) is 1. The van der Waals surface area contributed by atoms with Crippen LogP contribution in [0.4, 0.5) is 0 Å². The third-order valence-corrected chi connectivity index (χ3v) is 3.35. The minimum Gasteiger partial charge on any atom is -0.394 e. The number of aromatic amines is 1. The highest BCUT2D eigenvalue weighted by Crippen LogP contribution is 2.40. The summed E-state index contributed by atoms with van der Waals surface area (Å²) in [6.45, 7) is 2.97. The molecular weight excluding hydrogens is 268 g/mol. The molecular formula is C12H16N2O6. The van der Waals surface area contributed by atoms with Crippen molar-refractivity contribution in [2.75, 3.05) is 6.61 Å². The zero-order valence-electron chi connectivity index (χ0n) is 10.6. The van der Waals surface area contributed by atoms with Crippen LogP contribution >= 0.6 is 0 Å². The molecule has 2 heterocycles. The summed E-state index contributed by atoms with van der Waals surface area (Å²) in [5.74, 6) is 0. The van der Waals surface area contributed by atoms with E-state index in [1.54, 1.807) is 0 Å². The number of nitrogens with zero attached hydrogens (tertiary/aromatic N) is 1. The van der Waals surface area contributed by atoms with Crippen LogP contribution in [-0.4, -0.2) is 49.3 Å². The predicted octanol–water partition coefficient (Wildman–Crippen LogP) is -1.91. The Morgan fingerprint density at radius 1 is 1.55 bits per heavy atom. The van der Waals surface area contributed by atoms with Gasteiger partial charge in [-0.1, -0.05) is 6.08 Å². The lowest BCUT2D eigenvalue weighted by atomic mass is 9.90. The molecule has 110 valence electrons. The molecule has 0 aliphatic carbocycles. The first-order valence-electron chi connectivity index (χ1n) is 6.03. The SMILES string of the molecule is C=CC[C@]1(O)C(n2ccc(=O)[nH]c2=O)OC(CO)[C@H]1O. The molecule has 0 saturated carbocycles. The van der Waals surface area contributed by atoms with Gasteiger partial charge in [0.15, 0.2) is 6.23 Å². The monoisotopic (exact) mass is 284 g/mol. The predicted molar refractivity (Wildman–Crippen MR) is 68.1 cm³/mol. The molecule has 2 rings (SSSR count). The second-order valence-electron chi connectivity index (χ2n) is 4.66. The third-order valence-electron chi connectivity index (χ3n) is 3.35. The van der Waals surface area contributed by atoms with Crippen molar-refractivity contribution < 1.29 is 20.1 Å². The van der Waals surface area contributed by atoms with E-state index in [2.05, 4.69) is 6.58 Å². The Hall–Kier alpha value is -1.74. The number of rotatable bonds is 4. The van der Waals surface area contributed by atoms with Crippen molar-refractivity contribution in [1.29, 1.82) is 0 Å². The molecule has 8 nitrogen and oxygen atoms in total. The van der Waals surface area contributed by atoms with Crippen molar-refractivity contribution in [2.45, 2.75) is 30.5 Å². The molecule has 0 bridgehead atoms. The molecule has 4 atom stereocenters. The molecule has 8 heteroatoms. The molecule has 1 aliphatic heterocycles. The topological polar surface area (TPSA) is 125 Å². The van der Waals surface area contributed by atoms with Crippen molar-refractivity contribution >= 4 is 0 Å². The Morgan fingerprint density at radius 3 is 2.80 bits per heavy atom. The lowest BCUT2D eigenvalue weighted by Gasteiger charge is -2.30. The normalized spacial score (nSPS) is 33.2. The maximum Gasteiger partial charge on any atom is 0.330 e. The molecule has 4 N–H and O–H groups in total. The van der Waals surface area contributed by atoms with Gasteiger partial charge in [-0.25, -0.2) is 4.79 Å². The minimum absolute atomic E-state index is 0.0547. The number of hydrogen-bond acceptors (Lipinski definition) is 6. The maximum atomic E-state index is 11.8. The van der Waals surface area contributed by atoms with Crippen molar-refractivity contribution in [3.8, 4) is 0 Å². The fraction of sp³-hybridized carbons (Fsp3) is 0.500. The zero-order valence-corrected chi connectivity index (χ0v) is 10.6. The number of aliphatic hydroxyl groups is 3. The highest BCUT2D eigenvalue weighted by Gasteiger charge is 2.55. The van der Waals surface area contributed by atoms with Crippen LogP contribution in [0.1, 0.15) is 12.6 Å². The maximum absolute atomic E-state index is 11.8. The summed E-state index contributed by atoms with van der Waals surface area (Å²) in [6.07, 6.45) is -1.20. The Bertz CT molecular complexity index is 608. The second kappa shape index (κ2) is 5.33. The van der Waals surface area contributed by atoms with Gasteiger partial charge in [0, 0.05) is 18.7 Å². The van der Waals surface area contributed by atoms with E-state index >= 15 is 0 Å². The van der Waals surface area contributed by atoms with Crippen LogP contribution in [0.3, 0.4) is 0 Å². The Labute approximate surface area is 113 Å². The van der Waals surface area contributed by atoms with Crippen LogP contribution in [0.2, 0.25) is 0 Å². The molecule has 0 amide bonds. The molecule has 1 aromatic rings. The first-order chi connectivity index (χ1) is 9.43.